The van der Waals surface area contributed by atoms with E-state index in [1.807, 2.05) is 6.92 Å². The maximum Gasteiger partial charge on any atom is 0.257 e. The monoisotopic (exact) mass is 380 g/mol. The maximum atomic E-state index is 12.5. The van der Waals surface area contributed by atoms with Crippen LogP contribution in [-0.2, 0) is 4.79 Å². The highest BCUT2D eigenvalue weighted by molar-refractivity contribution is 6.36. The van der Waals surface area contributed by atoms with E-state index in [4.69, 9.17) is 27.6 Å². The lowest BCUT2D eigenvalue weighted by atomic mass is 9.95. The molecule has 7 heteroatoms. The summed E-state index contributed by atoms with van der Waals surface area (Å²) in [6.07, 6.45) is 4.14. The van der Waals surface area contributed by atoms with Crippen molar-refractivity contribution >= 4 is 40.7 Å². The molecular formula is C18H18Cl2N2O3. The smallest absolute Gasteiger partial charge is 0.257 e. The first-order chi connectivity index (χ1) is 12.0. The molecule has 0 spiro atoms. The molecule has 25 heavy (non-hydrogen) atoms. The highest BCUT2D eigenvalue weighted by atomic mass is 35.5. The maximum absolute atomic E-state index is 12.5. The van der Waals surface area contributed by atoms with Crippen LogP contribution in [0, 0.1) is 12.8 Å². The SMILES string of the molecule is Cc1c(Cl)cc(NC(=O)C2CCN(C(=O)c3ccoc3)CC2)cc1Cl. The van der Waals surface area contributed by atoms with E-state index >= 15 is 0 Å². The molecule has 2 amide bonds. The van der Waals surface area contributed by atoms with Gasteiger partial charge in [0.25, 0.3) is 5.91 Å². The molecule has 1 fully saturated rings. The van der Waals surface area contributed by atoms with Gasteiger partial charge in [-0.15, -0.1) is 0 Å². The predicted octanol–water partition coefficient (Wildman–Crippen LogP) is 4.39. The van der Waals surface area contributed by atoms with E-state index < -0.39 is 0 Å². The number of halogens is 2. The fourth-order valence-corrected chi connectivity index (χ4v) is 3.36. The first kappa shape index (κ1) is 17.8. The largest absolute Gasteiger partial charge is 0.472 e. The number of piperidine rings is 1. The zero-order chi connectivity index (χ0) is 18.0. The van der Waals surface area contributed by atoms with Crippen LogP contribution in [0.5, 0.6) is 0 Å². The summed E-state index contributed by atoms with van der Waals surface area (Å²) in [7, 11) is 0. The molecule has 1 N–H and O–H groups in total. The van der Waals surface area contributed by atoms with Gasteiger partial charge < -0.3 is 14.6 Å². The first-order valence-corrected chi connectivity index (χ1v) is 8.79. The Kier molecular flexibility index (Phi) is 5.35. The van der Waals surface area contributed by atoms with E-state index in [1.54, 1.807) is 23.1 Å². The molecule has 0 unspecified atom stereocenters. The average molecular weight is 381 g/mol. The van der Waals surface area contributed by atoms with Gasteiger partial charge in [-0.05, 0) is 43.5 Å². The van der Waals surface area contributed by atoms with Crippen molar-refractivity contribution in [1.82, 2.24) is 4.90 Å². The van der Waals surface area contributed by atoms with Crippen molar-refractivity contribution in [3.8, 4) is 0 Å². The van der Waals surface area contributed by atoms with Crippen LogP contribution in [-0.4, -0.2) is 29.8 Å². The topological polar surface area (TPSA) is 62.6 Å². The zero-order valence-corrected chi connectivity index (χ0v) is 15.2. The van der Waals surface area contributed by atoms with Crippen molar-refractivity contribution < 1.29 is 14.0 Å². The van der Waals surface area contributed by atoms with Crippen molar-refractivity contribution in [2.75, 3.05) is 18.4 Å². The number of carbonyl (C=O) groups is 2. The second-order valence-corrected chi connectivity index (χ2v) is 6.95. The Bertz CT molecular complexity index is 759. The number of nitrogens with one attached hydrogen (secondary N) is 1. The Morgan fingerprint density at radius 3 is 2.40 bits per heavy atom. The highest BCUT2D eigenvalue weighted by Gasteiger charge is 2.28. The highest BCUT2D eigenvalue weighted by Crippen LogP contribution is 2.29. The number of benzene rings is 1. The van der Waals surface area contributed by atoms with Crippen molar-refractivity contribution in [2.24, 2.45) is 5.92 Å². The van der Waals surface area contributed by atoms with Crippen LogP contribution in [0.25, 0.3) is 0 Å². The van der Waals surface area contributed by atoms with Gasteiger partial charge in [0.05, 0.1) is 11.8 Å². The summed E-state index contributed by atoms with van der Waals surface area (Å²) in [6.45, 7) is 2.90. The second-order valence-electron chi connectivity index (χ2n) is 6.13. The molecule has 0 aliphatic carbocycles. The molecule has 0 radical (unpaired) electrons. The molecule has 0 saturated carbocycles. The molecular weight excluding hydrogens is 363 g/mol. The number of hydrogen-bond donors (Lipinski definition) is 1. The fraction of sp³-hybridized carbons (Fsp3) is 0.333. The summed E-state index contributed by atoms with van der Waals surface area (Å²) < 4.78 is 4.95. The van der Waals surface area contributed by atoms with E-state index in [1.165, 1.54) is 12.5 Å². The molecule has 2 heterocycles. The minimum atomic E-state index is -0.146. The van der Waals surface area contributed by atoms with Gasteiger partial charge in [-0.25, -0.2) is 0 Å². The van der Waals surface area contributed by atoms with Crippen molar-refractivity contribution in [1.29, 1.82) is 0 Å². The van der Waals surface area contributed by atoms with Crippen molar-refractivity contribution in [3.05, 3.63) is 51.9 Å². The number of amides is 2. The Balaban J connectivity index is 1.58. The minimum Gasteiger partial charge on any atom is -0.472 e. The Morgan fingerprint density at radius 1 is 1.20 bits per heavy atom. The summed E-state index contributed by atoms with van der Waals surface area (Å²) in [5.41, 5.74) is 1.90. The summed E-state index contributed by atoms with van der Waals surface area (Å²) in [5, 5.41) is 3.90. The van der Waals surface area contributed by atoms with Crippen LogP contribution in [0.4, 0.5) is 5.69 Å². The van der Waals surface area contributed by atoms with E-state index in [0.29, 0.717) is 47.2 Å². The van der Waals surface area contributed by atoms with Crippen LogP contribution in [0.2, 0.25) is 10.0 Å². The fourth-order valence-electron chi connectivity index (χ4n) is 2.88. The lowest BCUT2D eigenvalue weighted by Crippen LogP contribution is -2.41. The van der Waals surface area contributed by atoms with Gasteiger partial charge in [-0.2, -0.15) is 0 Å². The molecule has 1 aliphatic heterocycles. The number of rotatable bonds is 3. The molecule has 1 aromatic carbocycles. The average Bonchev–Trinajstić information content (AvgIpc) is 3.13. The third-order valence-electron chi connectivity index (χ3n) is 4.47. The molecule has 132 valence electrons. The van der Waals surface area contributed by atoms with Crippen molar-refractivity contribution in [2.45, 2.75) is 19.8 Å². The normalized spacial score (nSPS) is 15.2. The summed E-state index contributed by atoms with van der Waals surface area (Å²) in [5.74, 6) is -0.289. The van der Waals surface area contributed by atoms with E-state index in [9.17, 15) is 9.59 Å². The first-order valence-electron chi connectivity index (χ1n) is 8.03. The van der Waals surface area contributed by atoms with Gasteiger partial charge >= 0.3 is 0 Å². The van der Waals surface area contributed by atoms with Crippen LogP contribution in [0.1, 0.15) is 28.8 Å². The van der Waals surface area contributed by atoms with Gasteiger partial charge in [-0.3, -0.25) is 9.59 Å². The second kappa shape index (κ2) is 7.50. The number of anilines is 1. The van der Waals surface area contributed by atoms with Gasteiger partial charge in [-0.1, -0.05) is 23.2 Å². The summed E-state index contributed by atoms with van der Waals surface area (Å²) in [6, 6.07) is 5.03. The molecule has 0 atom stereocenters. The van der Waals surface area contributed by atoms with Gasteiger partial charge in [0, 0.05) is 34.7 Å². The van der Waals surface area contributed by atoms with Crippen LogP contribution < -0.4 is 5.32 Å². The third-order valence-corrected chi connectivity index (χ3v) is 5.25. The lowest BCUT2D eigenvalue weighted by Gasteiger charge is -2.31. The minimum absolute atomic E-state index is 0.0651. The zero-order valence-electron chi connectivity index (χ0n) is 13.7. The molecule has 1 saturated heterocycles. The number of carbonyl (C=O) groups excluding carboxylic acids is 2. The van der Waals surface area contributed by atoms with E-state index in [-0.39, 0.29) is 17.7 Å². The molecule has 5 nitrogen and oxygen atoms in total. The Morgan fingerprint density at radius 2 is 1.84 bits per heavy atom. The van der Waals surface area contributed by atoms with Gasteiger partial charge in [0.15, 0.2) is 0 Å². The summed E-state index contributed by atoms with van der Waals surface area (Å²) >= 11 is 12.2. The Hall–Kier alpha value is -1.98. The van der Waals surface area contributed by atoms with Gasteiger partial charge in [0.2, 0.25) is 5.91 Å². The van der Waals surface area contributed by atoms with Crippen molar-refractivity contribution in [3.63, 3.8) is 0 Å². The van der Waals surface area contributed by atoms with Crippen LogP contribution in [0.15, 0.2) is 35.1 Å². The number of nitrogens with zero attached hydrogens (tertiary/aromatic N) is 1. The predicted molar refractivity (Wildman–Crippen MR) is 97.2 cm³/mol. The molecule has 2 aromatic rings. The lowest BCUT2D eigenvalue weighted by molar-refractivity contribution is -0.121. The molecule has 1 aliphatic rings. The summed E-state index contributed by atoms with van der Waals surface area (Å²) in [4.78, 5) is 26.5. The quantitative estimate of drug-likeness (QED) is 0.858. The van der Waals surface area contributed by atoms with Gasteiger partial charge in [0.1, 0.15) is 6.26 Å². The van der Waals surface area contributed by atoms with Crippen LogP contribution in [0.3, 0.4) is 0 Å². The Labute approximate surface area is 155 Å². The standard InChI is InChI=1S/C18H18Cl2N2O3/c1-11-15(19)8-14(9-16(11)20)21-17(23)12-2-5-22(6-3-12)18(24)13-4-7-25-10-13/h4,7-10,12H,2-3,5-6H2,1H3,(H,21,23). The third kappa shape index (κ3) is 3.99. The number of furan rings is 1. The van der Waals surface area contributed by atoms with E-state index in [2.05, 4.69) is 5.32 Å². The molecule has 1 aromatic heterocycles. The number of hydrogen-bond acceptors (Lipinski definition) is 3. The van der Waals surface area contributed by atoms with E-state index in [0.717, 1.165) is 5.56 Å². The molecule has 0 bridgehead atoms. The number of likely N-dealkylation sites (tertiary alicyclic amines) is 1. The van der Waals surface area contributed by atoms with Crippen LogP contribution >= 0.6 is 23.2 Å². The molecule has 3 rings (SSSR count).